The van der Waals surface area contributed by atoms with E-state index in [4.69, 9.17) is 0 Å². The van der Waals surface area contributed by atoms with Crippen LogP contribution in [0.3, 0.4) is 0 Å². The molecule has 36 heavy (non-hydrogen) atoms. The highest BCUT2D eigenvalue weighted by Crippen LogP contribution is 2.39. The molecule has 1 aromatic carbocycles. The Bertz CT molecular complexity index is 1080. The smallest absolute Gasteiger partial charge is 0.319 e. The lowest BCUT2D eigenvalue weighted by Crippen LogP contribution is -2.39. The highest BCUT2D eigenvalue weighted by atomic mass is 16.2. The lowest BCUT2D eigenvalue weighted by Gasteiger charge is -2.37. The number of benzene rings is 1. The first kappa shape index (κ1) is 27.1. The average molecular weight is 491 g/mol. The minimum absolute atomic E-state index is 0.00896. The standard InChI is InChI=1S/C29H38N4O3/c1-19(2)27-14-24(15-28(35)33(5)18-22-7-6-12-30-16-22)20(3)13-25(27)17-31-29(36)32-26-10-8-23(9-11-26)21(4)34/h6-13,16,19,24-25,27H,14-15,17-18H2,1-5H3,(H2,31,32,36)/t24-,25-,27-/m0/s1. The van der Waals surface area contributed by atoms with Crippen LogP contribution in [0.15, 0.2) is 60.4 Å². The molecule has 7 nitrogen and oxygen atoms in total. The Morgan fingerprint density at radius 1 is 1.14 bits per heavy atom. The van der Waals surface area contributed by atoms with Gasteiger partial charge in [-0.2, -0.15) is 0 Å². The van der Waals surface area contributed by atoms with Crippen LogP contribution >= 0.6 is 0 Å². The summed E-state index contributed by atoms with van der Waals surface area (Å²) in [7, 11) is 1.84. The molecule has 0 radical (unpaired) electrons. The van der Waals surface area contributed by atoms with Crippen LogP contribution in [0.5, 0.6) is 0 Å². The molecule has 0 unspecified atom stereocenters. The molecule has 2 N–H and O–H groups in total. The maximum absolute atomic E-state index is 13.0. The second-order valence-electron chi connectivity index (χ2n) is 10.2. The number of aromatic nitrogens is 1. The second-order valence-corrected chi connectivity index (χ2v) is 10.2. The first-order chi connectivity index (χ1) is 17.1. The van der Waals surface area contributed by atoms with Gasteiger partial charge in [0, 0.05) is 50.2 Å². The van der Waals surface area contributed by atoms with Gasteiger partial charge in [-0.1, -0.05) is 31.6 Å². The normalized spacial score (nSPS) is 19.4. The predicted molar refractivity (Wildman–Crippen MR) is 142 cm³/mol. The SMILES string of the molecule is CC(=O)c1ccc(NC(=O)NC[C@@H]2C=C(C)[C@H](CC(=O)N(C)Cc3cccnc3)C[C@H]2C(C)C)cc1. The quantitative estimate of drug-likeness (QED) is 0.368. The molecule has 1 aliphatic rings. The molecular weight excluding hydrogens is 452 g/mol. The van der Waals surface area contributed by atoms with Crippen molar-refractivity contribution < 1.29 is 14.4 Å². The van der Waals surface area contributed by atoms with Crippen molar-refractivity contribution in [1.82, 2.24) is 15.2 Å². The minimum atomic E-state index is -0.270. The Balaban J connectivity index is 1.57. The molecule has 0 spiro atoms. The minimum Gasteiger partial charge on any atom is -0.341 e. The fraction of sp³-hybridized carbons (Fsp3) is 0.448. The number of allylic oxidation sites excluding steroid dienone is 1. The van der Waals surface area contributed by atoms with Crippen LogP contribution in [0.25, 0.3) is 0 Å². The van der Waals surface area contributed by atoms with Crippen molar-refractivity contribution in [2.75, 3.05) is 18.9 Å². The summed E-state index contributed by atoms with van der Waals surface area (Å²) in [5, 5.41) is 5.84. The summed E-state index contributed by atoms with van der Waals surface area (Å²) in [6.45, 7) is 9.10. The molecule has 1 heterocycles. The van der Waals surface area contributed by atoms with E-state index in [9.17, 15) is 14.4 Å². The van der Waals surface area contributed by atoms with Crippen molar-refractivity contribution in [2.45, 2.75) is 47.1 Å². The first-order valence-electron chi connectivity index (χ1n) is 12.6. The van der Waals surface area contributed by atoms with E-state index in [0.29, 0.717) is 42.6 Å². The van der Waals surface area contributed by atoms with E-state index in [-0.39, 0.29) is 29.6 Å². The Kier molecular flexibility index (Phi) is 9.39. The maximum Gasteiger partial charge on any atom is 0.319 e. The number of hydrogen-bond acceptors (Lipinski definition) is 4. The average Bonchev–Trinajstić information content (AvgIpc) is 2.84. The van der Waals surface area contributed by atoms with Gasteiger partial charge in [0.2, 0.25) is 5.91 Å². The van der Waals surface area contributed by atoms with Crippen molar-refractivity contribution in [1.29, 1.82) is 0 Å². The number of nitrogens with zero attached hydrogens (tertiary/aromatic N) is 2. The number of urea groups is 1. The predicted octanol–water partition coefficient (Wildman–Crippen LogP) is 5.31. The van der Waals surface area contributed by atoms with Gasteiger partial charge < -0.3 is 15.5 Å². The van der Waals surface area contributed by atoms with Crippen molar-refractivity contribution >= 4 is 23.4 Å². The number of carbonyl (C=O) groups excluding carboxylic acids is 3. The van der Waals surface area contributed by atoms with Crippen LogP contribution in [0.2, 0.25) is 0 Å². The molecular formula is C29H38N4O3. The van der Waals surface area contributed by atoms with Crippen LogP contribution in [-0.4, -0.2) is 41.2 Å². The highest BCUT2D eigenvalue weighted by Gasteiger charge is 2.33. The number of hydrogen-bond donors (Lipinski definition) is 2. The van der Waals surface area contributed by atoms with Crippen LogP contribution in [0.4, 0.5) is 10.5 Å². The molecule has 1 aromatic heterocycles. The van der Waals surface area contributed by atoms with Crippen LogP contribution in [-0.2, 0) is 11.3 Å². The van der Waals surface area contributed by atoms with E-state index in [1.54, 1.807) is 41.6 Å². The third-order valence-corrected chi connectivity index (χ3v) is 7.12. The van der Waals surface area contributed by atoms with Gasteiger partial charge in [-0.05, 0) is 79.8 Å². The van der Waals surface area contributed by atoms with Crippen molar-refractivity contribution in [3.8, 4) is 0 Å². The van der Waals surface area contributed by atoms with E-state index in [2.05, 4.69) is 42.5 Å². The lowest BCUT2D eigenvalue weighted by atomic mass is 9.69. The number of pyridine rings is 1. The molecule has 192 valence electrons. The summed E-state index contributed by atoms with van der Waals surface area (Å²) in [6.07, 6.45) is 7.18. The van der Waals surface area contributed by atoms with Crippen molar-refractivity contribution in [2.24, 2.45) is 23.7 Å². The van der Waals surface area contributed by atoms with Gasteiger partial charge in [0.05, 0.1) is 0 Å². The first-order valence-corrected chi connectivity index (χ1v) is 12.6. The molecule has 0 aliphatic heterocycles. The van der Waals surface area contributed by atoms with Gasteiger partial charge in [-0.15, -0.1) is 0 Å². The molecule has 0 bridgehead atoms. The zero-order valence-electron chi connectivity index (χ0n) is 22.0. The summed E-state index contributed by atoms with van der Waals surface area (Å²) in [6, 6.07) is 10.5. The summed E-state index contributed by atoms with van der Waals surface area (Å²) in [5.74, 6) is 1.32. The second kappa shape index (κ2) is 12.5. The van der Waals surface area contributed by atoms with Crippen LogP contribution < -0.4 is 10.6 Å². The number of ketones is 1. The van der Waals surface area contributed by atoms with E-state index < -0.39 is 0 Å². The van der Waals surface area contributed by atoms with Crippen molar-refractivity contribution in [3.05, 3.63) is 71.6 Å². The number of Topliss-reactive ketones (excluding diaryl/α,β-unsaturated/α-hetero) is 1. The zero-order chi connectivity index (χ0) is 26.2. The molecule has 3 amide bonds. The molecule has 2 aromatic rings. The zero-order valence-corrected chi connectivity index (χ0v) is 22.0. The lowest BCUT2D eigenvalue weighted by molar-refractivity contribution is -0.131. The third-order valence-electron chi connectivity index (χ3n) is 7.12. The maximum atomic E-state index is 13.0. The summed E-state index contributed by atoms with van der Waals surface area (Å²) in [5.41, 5.74) is 3.48. The Hall–Kier alpha value is -3.48. The Morgan fingerprint density at radius 3 is 2.47 bits per heavy atom. The number of anilines is 1. The highest BCUT2D eigenvalue weighted by molar-refractivity contribution is 5.95. The summed E-state index contributed by atoms with van der Waals surface area (Å²) >= 11 is 0. The number of nitrogens with one attached hydrogen (secondary N) is 2. The van der Waals surface area contributed by atoms with Gasteiger partial charge >= 0.3 is 6.03 Å². The van der Waals surface area contributed by atoms with E-state index in [1.807, 2.05) is 19.2 Å². The van der Waals surface area contributed by atoms with E-state index >= 15 is 0 Å². The van der Waals surface area contributed by atoms with Gasteiger partial charge in [0.15, 0.2) is 5.78 Å². The van der Waals surface area contributed by atoms with E-state index in [1.165, 1.54) is 12.5 Å². The van der Waals surface area contributed by atoms with Gasteiger partial charge in [0.1, 0.15) is 0 Å². The molecule has 3 rings (SSSR count). The van der Waals surface area contributed by atoms with E-state index in [0.717, 1.165) is 12.0 Å². The number of amides is 3. The third kappa shape index (κ3) is 7.51. The molecule has 1 aliphatic carbocycles. The molecule has 0 fully saturated rings. The number of rotatable bonds is 9. The largest absolute Gasteiger partial charge is 0.341 e. The Morgan fingerprint density at radius 2 is 1.86 bits per heavy atom. The summed E-state index contributed by atoms with van der Waals surface area (Å²) in [4.78, 5) is 42.8. The fourth-order valence-corrected chi connectivity index (χ4v) is 4.90. The van der Waals surface area contributed by atoms with Crippen LogP contribution in [0, 0.1) is 23.7 Å². The summed E-state index contributed by atoms with van der Waals surface area (Å²) < 4.78 is 0. The van der Waals surface area contributed by atoms with Crippen LogP contribution in [0.1, 0.15) is 56.5 Å². The van der Waals surface area contributed by atoms with Gasteiger partial charge in [-0.25, -0.2) is 4.79 Å². The number of carbonyl (C=O) groups is 3. The molecule has 3 atom stereocenters. The monoisotopic (exact) mass is 490 g/mol. The topological polar surface area (TPSA) is 91.4 Å². The van der Waals surface area contributed by atoms with Gasteiger partial charge in [-0.3, -0.25) is 14.6 Å². The van der Waals surface area contributed by atoms with Gasteiger partial charge in [0.25, 0.3) is 0 Å². The molecule has 7 heteroatoms. The molecule has 0 saturated heterocycles. The van der Waals surface area contributed by atoms with Crippen molar-refractivity contribution in [3.63, 3.8) is 0 Å². The molecule has 0 saturated carbocycles. The fourth-order valence-electron chi connectivity index (χ4n) is 4.90. The Labute approximate surface area is 214 Å².